The highest BCUT2D eigenvalue weighted by molar-refractivity contribution is 6.31. The van der Waals surface area contributed by atoms with E-state index in [1.165, 1.54) is 13.2 Å². The molecule has 0 aliphatic heterocycles. The van der Waals surface area contributed by atoms with Crippen LogP contribution in [0.4, 0.5) is 5.69 Å². The van der Waals surface area contributed by atoms with Crippen LogP contribution in [0.2, 0.25) is 5.02 Å². The highest BCUT2D eigenvalue weighted by atomic mass is 35.5. The second kappa shape index (κ2) is 6.99. The number of aromatic nitrogens is 2. The third kappa shape index (κ3) is 3.90. The van der Waals surface area contributed by atoms with Gasteiger partial charge < -0.3 is 10.1 Å². The van der Waals surface area contributed by atoms with Gasteiger partial charge in [-0.1, -0.05) is 11.6 Å². The number of methoxy groups -OCH3 is 1. The zero-order valence-electron chi connectivity index (χ0n) is 12.9. The average Bonchev–Trinajstić information content (AvgIpc) is 2.82. The van der Waals surface area contributed by atoms with E-state index < -0.39 is 5.91 Å². The number of aryl methyl sites for hydroxylation is 2. The highest BCUT2D eigenvalue weighted by Crippen LogP contribution is 2.28. The zero-order valence-corrected chi connectivity index (χ0v) is 13.7. The van der Waals surface area contributed by atoms with Gasteiger partial charge in [0.15, 0.2) is 0 Å². The summed E-state index contributed by atoms with van der Waals surface area (Å²) in [5.41, 5.74) is 1.79. The van der Waals surface area contributed by atoms with Crippen LogP contribution in [-0.4, -0.2) is 22.8 Å². The second-order valence-electron chi connectivity index (χ2n) is 4.81. The molecule has 0 radical (unpaired) electrons. The molecule has 1 N–H and O–H groups in total. The number of ether oxygens (including phenoxy) is 1. The number of nitrogens with one attached hydrogen (secondary N) is 1. The van der Waals surface area contributed by atoms with Crippen LogP contribution in [0.3, 0.4) is 0 Å². The Morgan fingerprint density at radius 2 is 2.26 bits per heavy atom. The molecule has 0 spiro atoms. The zero-order chi connectivity index (χ0) is 17.0. The molecule has 0 saturated heterocycles. The Hall–Kier alpha value is -2.78. The predicted molar refractivity (Wildman–Crippen MR) is 88.2 cm³/mol. The smallest absolute Gasteiger partial charge is 0.266 e. The number of nitriles is 1. The van der Waals surface area contributed by atoms with Crippen LogP contribution in [-0.2, 0) is 11.8 Å². The molecule has 0 atom stereocenters. The standard InChI is InChI=1S/C16H15ClN4O2/c1-10-12(9-21(2)20-10)6-11(8-18)16(22)19-14-7-13(17)4-5-15(14)23-3/h4-7,9H,1-3H3,(H,19,22). The minimum atomic E-state index is -0.545. The third-order valence-corrected chi connectivity index (χ3v) is 3.36. The van der Waals surface area contributed by atoms with E-state index in [4.69, 9.17) is 16.3 Å². The molecule has 0 fully saturated rings. The monoisotopic (exact) mass is 330 g/mol. The number of rotatable bonds is 4. The van der Waals surface area contributed by atoms with Crippen LogP contribution < -0.4 is 10.1 Å². The van der Waals surface area contributed by atoms with Crippen molar-refractivity contribution in [2.24, 2.45) is 7.05 Å². The molecule has 7 heteroatoms. The molecule has 0 aliphatic carbocycles. The van der Waals surface area contributed by atoms with E-state index in [-0.39, 0.29) is 5.57 Å². The van der Waals surface area contributed by atoms with Gasteiger partial charge in [0.1, 0.15) is 17.4 Å². The number of anilines is 1. The summed E-state index contributed by atoms with van der Waals surface area (Å²) in [6.45, 7) is 1.80. The molecule has 6 nitrogen and oxygen atoms in total. The molecule has 118 valence electrons. The van der Waals surface area contributed by atoms with Crippen LogP contribution >= 0.6 is 11.6 Å². The van der Waals surface area contributed by atoms with E-state index in [9.17, 15) is 10.1 Å². The van der Waals surface area contributed by atoms with Gasteiger partial charge in [0.25, 0.3) is 5.91 Å². The Morgan fingerprint density at radius 3 is 2.83 bits per heavy atom. The SMILES string of the molecule is COc1ccc(Cl)cc1NC(=O)C(C#N)=Cc1cn(C)nc1C. The second-order valence-corrected chi connectivity index (χ2v) is 5.25. The maximum Gasteiger partial charge on any atom is 0.266 e. The first-order chi connectivity index (χ1) is 10.9. The number of halogens is 1. The fourth-order valence-electron chi connectivity index (χ4n) is 2.03. The topological polar surface area (TPSA) is 79.9 Å². The summed E-state index contributed by atoms with van der Waals surface area (Å²) in [5, 5.41) is 16.5. The Morgan fingerprint density at radius 1 is 1.52 bits per heavy atom. The molecule has 0 aliphatic rings. The summed E-state index contributed by atoms with van der Waals surface area (Å²) in [7, 11) is 3.26. The Bertz CT molecular complexity index is 818. The van der Waals surface area contributed by atoms with Crippen LogP contribution in [0, 0.1) is 18.3 Å². The molecule has 23 heavy (non-hydrogen) atoms. The average molecular weight is 331 g/mol. The fraction of sp³-hybridized carbons (Fsp3) is 0.188. The van der Waals surface area contributed by atoms with Crippen molar-refractivity contribution in [3.05, 3.63) is 46.2 Å². The number of amides is 1. The molecule has 0 bridgehead atoms. The van der Waals surface area contributed by atoms with Gasteiger partial charge in [0.05, 0.1) is 18.5 Å². The van der Waals surface area contributed by atoms with Crippen molar-refractivity contribution in [1.29, 1.82) is 5.26 Å². The first kappa shape index (κ1) is 16.6. The van der Waals surface area contributed by atoms with Crippen molar-refractivity contribution in [3.63, 3.8) is 0 Å². The molecule has 0 saturated carbocycles. The Labute approximate surface area is 138 Å². The van der Waals surface area contributed by atoms with E-state index in [1.807, 2.05) is 6.07 Å². The van der Waals surface area contributed by atoms with Crippen molar-refractivity contribution in [2.75, 3.05) is 12.4 Å². The van der Waals surface area contributed by atoms with E-state index >= 15 is 0 Å². The van der Waals surface area contributed by atoms with Gasteiger partial charge in [-0.25, -0.2) is 0 Å². The van der Waals surface area contributed by atoms with Gasteiger partial charge in [-0.05, 0) is 31.2 Å². The minimum Gasteiger partial charge on any atom is -0.495 e. The van der Waals surface area contributed by atoms with Crippen molar-refractivity contribution in [1.82, 2.24) is 9.78 Å². The van der Waals surface area contributed by atoms with Crippen LogP contribution in [0.5, 0.6) is 5.75 Å². The number of nitrogens with zero attached hydrogens (tertiary/aromatic N) is 3. The van der Waals surface area contributed by atoms with E-state index in [0.717, 1.165) is 5.69 Å². The molecular formula is C16H15ClN4O2. The van der Waals surface area contributed by atoms with Crippen LogP contribution in [0.1, 0.15) is 11.3 Å². The minimum absolute atomic E-state index is 0.0388. The normalized spacial score (nSPS) is 11.0. The van der Waals surface area contributed by atoms with Gasteiger partial charge in [0, 0.05) is 23.8 Å². The summed E-state index contributed by atoms with van der Waals surface area (Å²) >= 11 is 5.93. The maximum atomic E-state index is 12.3. The highest BCUT2D eigenvalue weighted by Gasteiger charge is 2.14. The van der Waals surface area contributed by atoms with Crippen molar-refractivity contribution < 1.29 is 9.53 Å². The van der Waals surface area contributed by atoms with E-state index in [0.29, 0.717) is 22.0 Å². The number of hydrogen-bond donors (Lipinski definition) is 1. The first-order valence-corrected chi connectivity index (χ1v) is 7.09. The van der Waals surface area contributed by atoms with Crippen molar-refractivity contribution in [3.8, 4) is 11.8 Å². The van der Waals surface area contributed by atoms with Gasteiger partial charge in [-0.15, -0.1) is 0 Å². The molecule has 1 heterocycles. The van der Waals surface area contributed by atoms with Gasteiger partial charge in [-0.3, -0.25) is 9.48 Å². The predicted octanol–water partition coefficient (Wildman–Crippen LogP) is 2.94. The first-order valence-electron chi connectivity index (χ1n) is 6.71. The molecular weight excluding hydrogens is 316 g/mol. The van der Waals surface area contributed by atoms with Gasteiger partial charge in [-0.2, -0.15) is 10.4 Å². The lowest BCUT2D eigenvalue weighted by Crippen LogP contribution is -2.14. The maximum absolute atomic E-state index is 12.3. The van der Waals surface area contributed by atoms with E-state index in [2.05, 4.69) is 10.4 Å². The molecule has 1 aromatic carbocycles. The Balaban J connectivity index is 2.30. The summed E-state index contributed by atoms with van der Waals surface area (Å²) in [6, 6.07) is 6.74. The van der Waals surface area contributed by atoms with Crippen LogP contribution in [0.25, 0.3) is 6.08 Å². The number of carbonyl (C=O) groups is 1. The van der Waals surface area contributed by atoms with Gasteiger partial charge in [0.2, 0.25) is 0 Å². The third-order valence-electron chi connectivity index (χ3n) is 3.13. The van der Waals surface area contributed by atoms with Crippen LogP contribution in [0.15, 0.2) is 30.0 Å². The van der Waals surface area contributed by atoms with E-state index in [1.54, 1.807) is 43.0 Å². The molecule has 1 amide bonds. The summed E-state index contributed by atoms with van der Waals surface area (Å²) < 4.78 is 6.79. The Kier molecular flexibility index (Phi) is 5.04. The largest absolute Gasteiger partial charge is 0.495 e. The lowest BCUT2D eigenvalue weighted by molar-refractivity contribution is -0.112. The summed E-state index contributed by atoms with van der Waals surface area (Å²) in [5.74, 6) is -0.0890. The summed E-state index contributed by atoms with van der Waals surface area (Å²) in [6.07, 6.45) is 3.23. The summed E-state index contributed by atoms with van der Waals surface area (Å²) in [4.78, 5) is 12.3. The molecule has 2 aromatic rings. The molecule has 1 aromatic heterocycles. The number of hydrogen-bond acceptors (Lipinski definition) is 4. The lowest BCUT2D eigenvalue weighted by Gasteiger charge is -2.10. The fourth-order valence-corrected chi connectivity index (χ4v) is 2.20. The van der Waals surface area contributed by atoms with Crippen molar-refractivity contribution in [2.45, 2.75) is 6.92 Å². The quantitative estimate of drug-likeness (QED) is 0.690. The van der Waals surface area contributed by atoms with Gasteiger partial charge >= 0.3 is 0 Å². The number of carbonyl (C=O) groups excluding carboxylic acids is 1. The molecule has 2 rings (SSSR count). The molecule has 0 unspecified atom stereocenters. The van der Waals surface area contributed by atoms with Crippen molar-refractivity contribution >= 4 is 29.3 Å². The number of benzene rings is 1. The lowest BCUT2D eigenvalue weighted by atomic mass is 10.1.